The van der Waals surface area contributed by atoms with Gasteiger partial charge in [0.1, 0.15) is 0 Å². The van der Waals surface area contributed by atoms with E-state index in [0.29, 0.717) is 12.2 Å². The molecule has 1 aromatic carbocycles. The molecule has 2 rings (SSSR count). The van der Waals surface area contributed by atoms with Gasteiger partial charge in [0.2, 0.25) is 5.91 Å². The highest BCUT2D eigenvalue weighted by Gasteiger charge is 2.14. The van der Waals surface area contributed by atoms with E-state index in [9.17, 15) is 4.79 Å². The van der Waals surface area contributed by atoms with Crippen molar-refractivity contribution in [3.8, 4) is 0 Å². The minimum Gasteiger partial charge on any atom is -0.346 e. The molecule has 1 amide bonds. The molecule has 1 aromatic heterocycles. The summed E-state index contributed by atoms with van der Waals surface area (Å²) in [6, 6.07) is 9.99. The number of carbonyl (C=O) groups excluding carboxylic acids is 1. The zero-order valence-electron chi connectivity index (χ0n) is 11.8. The molecular formula is C14H19N5O. The van der Waals surface area contributed by atoms with E-state index in [1.165, 1.54) is 5.56 Å². The monoisotopic (exact) mass is 273 g/mol. The first-order valence-electron chi connectivity index (χ1n) is 6.72. The summed E-state index contributed by atoms with van der Waals surface area (Å²) in [6.45, 7) is 1.88. The second kappa shape index (κ2) is 6.79. The summed E-state index contributed by atoms with van der Waals surface area (Å²) in [5.74, 6) is 0.679. The fourth-order valence-corrected chi connectivity index (χ4v) is 2.08. The highest BCUT2D eigenvalue weighted by molar-refractivity contribution is 5.76. The molecule has 0 saturated heterocycles. The molecule has 2 aromatic rings. The summed E-state index contributed by atoms with van der Waals surface area (Å²) >= 11 is 0. The molecule has 20 heavy (non-hydrogen) atoms. The number of nitrogens with one attached hydrogen (secondary N) is 1. The van der Waals surface area contributed by atoms with Gasteiger partial charge in [-0.1, -0.05) is 30.3 Å². The molecule has 106 valence electrons. The summed E-state index contributed by atoms with van der Waals surface area (Å²) in [4.78, 5) is 11.9. The van der Waals surface area contributed by atoms with E-state index >= 15 is 0 Å². The van der Waals surface area contributed by atoms with E-state index in [1.807, 2.05) is 25.1 Å². The molecule has 0 aliphatic rings. The van der Waals surface area contributed by atoms with Crippen molar-refractivity contribution < 1.29 is 4.79 Å². The van der Waals surface area contributed by atoms with Crippen molar-refractivity contribution in [1.29, 1.82) is 0 Å². The Morgan fingerprint density at radius 1 is 1.35 bits per heavy atom. The predicted molar refractivity (Wildman–Crippen MR) is 74.7 cm³/mol. The maximum atomic E-state index is 11.9. The fourth-order valence-electron chi connectivity index (χ4n) is 2.08. The lowest BCUT2D eigenvalue weighted by Crippen LogP contribution is -2.28. The number of hydrogen-bond acceptors (Lipinski definition) is 4. The molecule has 0 radical (unpaired) electrons. The average molecular weight is 273 g/mol. The first kappa shape index (κ1) is 14.2. The van der Waals surface area contributed by atoms with E-state index in [0.717, 1.165) is 12.8 Å². The first-order valence-corrected chi connectivity index (χ1v) is 6.72. The van der Waals surface area contributed by atoms with Gasteiger partial charge in [-0.25, -0.2) is 4.68 Å². The third-order valence-electron chi connectivity index (χ3n) is 3.13. The van der Waals surface area contributed by atoms with Gasteiger partial charge in [0.15, 0.2) is 5.82 Å². The number of hydrogen-bond donors (Lipinski definition) is 1. The van der Waals surface area contributed by atoms with Crippen molar-refractivity contribution in [2.24, 2.45) is 7.05 Å². The lowest BCUT2D eigenvalue weighted by atomic mass is 10.1. The van der Waals surface area contributed by atoms with E-state index in [1.54, 1.807) is 11.7 Å². The average Bonchev–Trinajstić information content (AvgIpc) is 2.86. The Balaban J connectivity index is 1.74. The van der Waals surface area contributed by atoms with Crippen LogP contribution in [0.15, 0.2) is 30.3 Å². The van der Waals surface area contributed by atoms with Crippen molar-refractivity contribution in [1.82, 2.24) is 25.5 Å². The maximum absolute atomic E-state index is 11.9. The van der Waals surface area contributed by atoms with Crippen LogP contribution in [0.1, 0.15) is 37.2 Å². The molecule has 1 unspecified atom stereocenters. The van der Waals surface area contributed by atoms with Crippen LogP contribution >= 0.6 is 0 Å². The summed E-state index contributed by atoms with van der Waals surface area (Å²) in [6.07, 6.45) is 2.25. The van der Waals surface area contributed by atoms with Crippen LogP contribution in [0, 0.1) is 0 Å². The van der Waals surface area contributed by atoms with Crippen LogP contribution in [0.5, 0.6) is 0 Å². The molecule has 6 heteroatoms. The molecule has 0 aliphatic heterocycles. The molecule has 0 spiro atoms. The number of benzene rings is 1. The van der Waals surface area contributed by atoms with Crippen LogP contribution in [0.2, 0.25) is 0 Å². The normalized spacial score (nSPS) is 12.1. The van der Waals surface area contributed by atoms with Crippen LogP contribution in [0.3, 0.4) is 0 Å². The maximum Gasteiger partial charge on any atom is 0.220 e. The first-order chi connectivity index (χ1) is 9.66. The zero-order chi connectivity index (χ0) is 14.4. The molecule has 0 aliphatic carbocycles. The molecule has 1 atom stereocenters. The smallest absolute Gasteiger partial charge is 0.220 e. The van der Waals surface area contributed by atoms with Crippen LogP contribution < -0.4 is 5.32 Å². The number of rotatable bonds is 6. The van der Waals surface area contributed by atoms with E-state index < -0.39 is 0 Å². The number of nitrogens with zero attached hydrogens (tertiary/aromatic N) is 4. The van der Waals surface area contributed by atoms with Crippen molar-refractivity contribution in [2.75, 3.05) is 0 Å². The quantitative estimate of drug-likeness (QED) is 0.863. The summed E-state index contributed by atoms with van der Waals surface area (Å²) in [5.41, 5.74) is 1.26. The number of carbonyl (C=O) groups is 1. The molecule has 1 N–H and O–H groups in total. The topological polar surface area (TPSA) is 72.7 Å². The van der Waals surface area contributed by atoms with Crippen molar-refractivity contribution in [2.45, 2.75) is 32.2 Å². The van der Waals surface area contributed by atoms with Crippen LogP contribution in [0.4, 0.5) is 0 Å². The minimum atomic E-state index is -0.181. The second-order valence-electron chi connectivity index (χ2n) is 4.79. The van der Waals surface area contributed by atoms with Crippen molar-refractivity contribution in [3.05, 3.63) is 41.7 Å². The van der Waals surface area contributed by atoms with Gasteiger partial charge in [-0.2, -0.15) is 0 Å². The highest BCUT2D eigenvalue weighted by Crippen LogP contribution is 2.08. The van der Waals surface area contributed by atoms with E-state index in [2.05, 4.69) is 33.0 Å². The standard InChI is InChI=1S/C14H19N5O/c1-11(14-16-17-18-19(14)2)15-13(20)10-6-9-12-7-4-3-5-8-12/h3-5,7-8,11H,6,9-10H2,1-2H3,(H,15,20). The minimum absolute atomic E-state index is 0.0245. The molecule has 6 nitrogen and oxygen atoms in total. The largest absolute Gasteiger partial charge is 0.346 e. The summed E-state index contributed by atoms with van der Waals surface area (Å²) < 4.78 is 1.56. The molecule has 0 saturated carbocycles. The third kappa shape index (κ3) is 3.88. The number of tetrazole rings is 1. The van der Waals surface area contributed by atoms with E-state index in [-0.39, 0.29) is 11.9 Å². The van der Waals surface area contributed by atoms with Crippen LogP contribution in [-0.2, 0) is 18.3 Å². The number of aryl methyl sites for hydroxylation is 2. The molecule has 0 bridgehead atoms. The Morgan fingerprint density at radius 2 is 2.10 bits per heavy atom. The van der Waals surface area contributed by atoms with Crippen molar-refractivity contribution >= 4 is 5.91 Å². The summed E-state index contributed by atoms with van der Waals surface area (Å²) in [5, 5.41) is 14.1. The molecule has 0 fully saturated rings. The van der Waals surface area contributed by atoms with Gasteiger partial charge in [-0.3, -0.25) is 4.79 Å². The van der Waals surface area contributed by atoms with E-state index in [4.69, 9.17) is 0 Å². The highest BCUT2D eigenvalue weighted by atomic mass is 16.1. The SMILES string of the molecule is CC(NC(=O)CCCc1ccccc1)c1nnnn1C. The van der Waals surface area contributed by atoms with Gasteiger partial charge >= 0.3 is 0 Å². The third-order valence-corrected chi connectivity index (χ3v) is 3.13. The Labute approximate surface area is 118 Å². The predicted octanol–water partition coefficient (Wildman–Crippen LogP) is 1.41. The van der Waals surface area contributed by atoms with Gasteiger partial charge < -0.3 is 5.32 Å². The second-order valence-corrected chi connectivity index (χ2v) is 4.79. The van der Waals surface area contributed by atoms with Gasteiger partial charge in [0.05, 0.1) is 6.04 Å². The zero-order valence-corrected chi connectivity index (χ0v) is 11.8. The van der Waals surface area contributed by atoms with Crippen LogP contribution in [0.25, 0.3) is 0 Å². The molecular weight excluding hydrogens is 254 g/mol. The van der Waals surface area contributed by atoms with Gasteiger partial charge in [-0.15, -0.1) is 5.10 Å². The lowest BCUT2D eigenvalue weighted by molar-refractivity contribution is -0.121. The van der Waals surface area contributed by atoms with Gasteiger partial charge in [0.25, 0.3) is 0 Å². The van der Waals surface area contributed by atoms with Gasteiger partial charge in [0, 0.05) is 13.5 Å². The Kier molecular flexibility index (Phi) is 4.81. The summed E-state index contributed by atoms with van der Waals surface area (Å²) in [7, 11) is 1.76. The Hall–Kier alpha value is -2.24. The fraction of sp³-hybridized carbons (Fsp3) is 0.429. The number of aromatic nitrogens is 4. The number of amides is 1. The van der Waals surface area contributed by atoms with Crippen LogP contribution in [-0.4, -0.2) is 26.1 Å². The van der Waals surface area contributed by atoms with Crippen molar-refractivity contribution in [3.63, 3.8) is 0 Å². The molecule has 1 heterocycles. The Morgan fingerprint density at radius 3 is 2.75 bits per heavy atom. The van der Waals surface area contributed by atoms with Gasteiger partial charge in [-0.05, 0) is 35.8 Å². The Bertz CT molecular complexity index is 552. The lowest BCUT2D eigenvalue weighted by Gasteiger charge is -2.12.